The van der Waals surface area contributed by atoms with Crippen LogP contribution in [0.4, 0.5) is 0 Å². The van der Waals surface area contributed by atoms with Crippen LogP contribution in [0, 0.1) is 6.92 Å². The zero-order valence-electron chi connectivity index (χ0n) is 18.5. The molecular weight excluding hydrogens is 497 g/mol. The molecule has 1 aromatic heterocycles. The van der Waals surface area contributed by atoms with Crippen molar-refractivity contribution in [2.24, 2.45) is 0 Å². The van der Waals surface area contributed by atoms with Gasteiger partial charge in [-0.2, -0.15) is 0 Å². The number of carboxylic acids is 1. The first kappa shape index (κ1) is 26.3. The third-order valence-electron chi connectivity index (χ3n) is 5.20. The van der Waals surface area contributed by atoms with Gasteiger partial charge in [-0.05, 0) is 13.0 Å². The molecule has 1 radical (unpaired) electrons. The van der Waals surface area contributed by atoms with Gasteiger partial charge in [0.05, 0.1) is 5.02 Å². The van der Waals surface area contributed by atoms with Gasteiger partial charge in [0.15, 0.2) is 0 Å². The Morgan fingerprint density at radius 1 is 1.35 bits per heavy atom. The first-order valence-electron chi connectivity index (χ1n) is 9.76. The number of halogens is 1. The fourth-order valence-corrected chi connectivity index (χ4v) is 5.23. The number of benzene rings is 1. The summed E-state index contributed by atoms with van der Waals surface area (Å²) in [6.07, 6.45) is 0. The summed E-state index contributed by atoms with van der Waals surface area (Å²) < 4.78 is 10.1. The molecule has 4 rings (SSSR count). The van der Waals surface area contributed by atoms with Crippen LogP contribution in [0.15, 0.2) is 40.1 Å². The zero-order valence-corrected chi connectivity index (χ0v) is 22.0. The summed E-state index contributed by atoms with van der Waals surface area (Å²) in [7, 11) is 0. The number of fused-ring (bicyclic) bond motifs is 1. The van der Waals surface area contributed by atoms with Gasteiger partial charge in [-0.3, -0.25) is 19.3 Å². The van der Waals surface area contributed by atoms with Crippen LogP contribution in [-0.2, 0) is 19.1 Å². The third kappa shape index (κ3) is 4.76. The van der Waals surface area contributed by atoms with Crippen LogP contribution in [-0.4, -0.2) is 92.2 Å². The minimum atomic E-state index is -1.31. The molecule has 2 aliphatic heterocycles. The topological polar surface area (TPSA) is 139 Å². The molecule has 2 N–H and O–H groups in total. The molecule has 2 aromatic rings. The molecule has 0 aliphatic carbocycles. The van der Waals surface area contributed by atoms with Gasteiger partial charge >= 0.3 is 11.9 Å². The molecule has 0 unspecified atom stereocenters. The van der Waals surface area contributed by atoms with Crippen molar-refractivity contribution in [2.75, 3.05) is 12.4 Å². The number of carbonyl (C=O) groups is 4. The number of β-lactam (4-membered cyclic amide) rings is 1. The van der Waals surface area contributed by atoms with Gasteiger partial charge in [-0.25, -0.2) is 4.79 Å². The first-order valence-corrected chi connectivity index (χ1v) is 11.2. The summed E-state index contributed by atoms with van der Waals surface area (Å²) in [5.41, 5.74) is 0.965. The second-order valence-corrected chi connectivity index (χ2v) is 8.85. The molecule has 13 heteroatoms. The minimum Gasteiger partial charge on any atom is -0.477 e. The van der Waals surface area contributed by atoms with Gasteiger partial charge in [-0.1, -0.05) is 35.0 Å². The number of thioether (sulfide) groups is 1. The fourth-order valence-electron chi connectivity index (χ4n) is 3.67. The van der Waals surface area contributed by atoms with Gasteiger partial charge in [0.1, 0.15) is 40.7 Å². The number of ether oxygens (including phenoxy) is 1. The van der Waals surface area contributed by atoms with Gasteiger partial charge in [0.25, 0.3) is 11.8 Å². The number of amides is 2. The normalized spacial score (nSPS) is 19.0. The number of carbonyl (C=O) groups excluding carboxylic acids is 3. The Bertz CT molecular complexity index is 1210. The molecule has 1 fully saturated rings. The minimum absolute atomic E-state index is 0. The van der Waals surface area contributed by atoms with Crippen LogP contribution in [0.2, 0.25) is 5.02 Å². The predicted molar refractivity (Wildman–Crippen MR) is 123 cm³/mol. The molecule has 2 atom stereocenters. The number of nitrogens with zero attached hydrogens (tertiary/aromatic N) is 2. The number of hydrogen-bond acceptors (Lipinski definition) is 8. The van der Waals surface area contributed by atoms with Crippen molar-refractivity contribution in [3.05, 3.63) is 51.9 Å². The fraction of sp³-hybridized carbons (Fsp3) is 0.286. The van der Waals surface area contributed by atoms with E-state index in [1.807, 2.05) is 0 Å². The van der Waals surface area contributed by atoms with E-state index in [4.69, 9.17) is 20.9 Å². The molecule has 2 aliphatic rings. The quantitative estimate of drug-likeness (QED) is 0.336. The molecule has 34 heavy (non-hydrogen) atoms. The number of aliphatic carboxylic acids is 1. The molecule has 10 nitrogen and oxygen atoms in total. The smallest absolute Gasteiger partial charge is 0.352 e. The monoisotopic (exact) mass is 514 g/mol. The van der Waals surface area contributed by atoms with E-state index in [1.165, 1.54) is 18.7 Å². The van der Waals surface area contributed by atoms with Crippen molar-refractivity contribution < 1.29 is 33.5 Å². The second kappa shape index (κ2) is 10.5. The standard InChI is InChI=1S/C21H18ClN3O7S.Na/c1-9-14(15(24-32-9)12-5-3-4-6-13(12)22)18(27)23-16-19(28)25-17(21(29)30)11(7-31-10(2)26)8-33-20(16)25;/h3-6,16,20H,7-8H2,1-2H3,(H,23,27)(H,29,30);/t16-,20-;/m1./s1. The average molecular weight is 515 g/mol. The van der Waals surface area contributed by atoms with Crippen molar-refractivity contribution >= 4 is 76.7 Å². The molecule has 0 bridgehead atoms. The Labute approximate surface area is 225 Å². The second-order valence-electron chi connectivity index (χ2n) is 7.34. The van der Waals surface area contributed by atoms with E-state index >= 15 is 0 Å². The molecule has 1 saturated heterocycles. The molecule has 2 amide bonds. The van der Waals surface area contributed by atoms with Crippen LogP contribution in [0.1, 0.15) is 23.0 Å². The molecule has 0 saturated carbocycles. The summed E-state index contributed by atoms with van der Waals surface area (Å²) in [5, 5.41) is 16.0. The van der Waals surface area contributed by atoms with Crippen LogP contribution in [0.3, 0.4) is 0 Å². The van der Waals surface area contributed by atoms with E-state index in [0.29, 0.717) is 16.2 Å². The van der Waals surface area contributed by atoms with Crippen LogP contribution >= 0.6 is 23.4 Å². The van der Waals surface area contributed by atoms with Crippen molar-refractivity contribution in [2.45, 2.75) is 25.3 Å². The summed E-state index contributed by atoms with van der Waals surface area (Å²) in [5.74, 6) is -2.56. The Kier molecular flexibility index (Phi) is 8.14. The van der Waals surface area contributed by atoms with E-state index in [-0.39, 0.29) is 64.6 Å². The number of aryl methyl sites for hydroxylation is 1. The third-order valence-corrected chi connectivity index (χ3v) is 6.87. The van der Waals surface area contributed by atoms with Gasteiger partial charge in [0, 0.05) is 53.4 Å². The van der Waals surface area contributed by atoms with Crippen LogP contribution < -0.4 is 5.32 Å². The van der Waals surface area contributed by atoms with Gasteiger partial charge in [-0.15, -0.1) is 11.8 Å². The number of rotatable bonds is 6. The van der Waals surface area contributed by atoms with E-state index in [1.54, 1.807) is 31.2 Å². The van der Waals surface area contributed by atoms with Crippen molar-refractivity contribution in [3.63, 3.8) is 0 Å². The van der Waals surface area contributed by atoms with Crippen molar-refractivity contribution in [3.8, 4) is 11.3 Å². The molecule has 173 valence electrons. The Morgan fingerprint density at radius 3 is 2.71 bits per heavy atom. The SMILES string of the molecule is CC(=O)OCC1=C(C(=O)O)N2C(=O)[C@@H](NC(=O)c3c(-c4ccccc4Cl)noc3C)[C@H]2SC1.[Na]. The van der Waals surface area contributed by atoms with E-state index in [9.17, 15) is 24.3 Å². The molecular formula is C21H18ClN3NaO7S. The summed E-state index contributed by atoms with van der Waals surface area (Å²) in [6, 6.07) is 5.89. The Balaban J connectivity index is 0.00000324. The van der Waals surface area contributed by atoms with Gasteiger partial charge < -0.3 is 19.7 Å². The number of carboxylic acid groups (broad SMARTS) is 1. The number of aromatic nitrogens is 1. The molecule has 0 spiro atoms. The number of nitrogens with one attached hydrogen (secondary N) is 1. The maximum atomic E-state index is 13.1. The Morgan fingerprint density at radius 2 is 2.06 bits per heavy atom. The summed E-state index contributed by atoms with van der Waals surface area (Å²) in [4.78, 5) is 49.9. The number of esters is 1. The average Bonchev–Trinajstić information content (AvgIpc) is 3.16. The van der Waals surface area contributed by atoms with Crippen molar-refractivity contribution in [1.29, 1.82) is 0 Å². The van der Waals surface area contributed by atoms with Crippen molar-refractivity contribution in [1.82, 2.24) is 15.4 Å². The largest absolute Gasteiger partial charge is 0.477 e. The molecule has 3 heterocycles. The Hall–Kier alpha value is -2.31. The zero-order chi connectivity index (χ0) is 23.9. The van der Waals surface area contributed by atoms with E-state index in [0.717, 1.165) is 4.90 Å². The van der Waals surface area contributed by atoms with E-state index < -0.39 is 35.2 Å². The molecule has 1 aromatic carbocycles. The predicted octanol–water partition coefficient (Wildman–Crippen LogP) is 1.84. The number of hydrogen-bond donors (Lipinski definition) is 2. The van der Waals surface area contributed by atoms with Crippen LogP contribution in [0.5, 0.6) is 0 Å². The first-order chi connectivity index (χ1) is 15.7. The summed E-state index contributed by atoms with van der Waals surface area (Å²) in [6.45, 7) is 2.56. The summed E-state index contributed by atoms with van der Waals surface area (Å²) >= 11 is 7.51. The van der Waals surface area contributed by atoms with E-state index in [2.05, 4.69) is 10.5 Å². The van der Waals surface area contributed by atoms with Crippen LogP contribution in [0.25, 0.3) is 11.3 Å². The maximum absolute atomic E-state index is 13.1. The van der Waals surface area contributed by atoms with Gasteiger partial charge in [0.2, 0.25) is 0 Å². The maximum Gasteiger partial charge on any atom is 0.352 e.